The zero-order valence-corrected chi connectivity index (χ0v) is 14.5. The van der Waals surface area contributed by atoms with Gasteiger partial charge in [0.1, 0.15) is 5.75 Å². The lowest BCUT2D eigenvalue weighted by molar-refractivity contribution is 0.0451. The van der Waals surface area contributed by atoms with Crippen LogP contribution in [0.2, 0.25) is 0 Å². The van der Waals surface area contributed by atoms with E-state index in [4.69, 9.17) is 4.74 Å². The van der Waals surface area contributed by atoms with Crippen molar-refractivity contribution in [1.29, 1.82) is 0 Å². The summed E-state index contributed by atoms with van der Waals surface area (Å²) in [6.07, 6.45) is 2.55. The van der Waals surface area contributed by atoms with Crippen LogP contribution in [0, 0.1) is 18.3 Å². The smallest absolute Gasteiger partial charge is 0.122 e. The second-order valence-corrected chi connectivity index (χ2v) is 7.72. The molecule has 1 aromatic carbocycles. The van der Waals surface area contributed by atoms with Gasteiger partial charge in [0.15, 0.2) is 0 Å². The average Bonchev–Trinajstić information content (AvgIpc) is 2.37. The second-order valence-electron chi connectivity index (χ2n) is 7.72. The maximum Gasteiger partial charge on any atom is 0.122 e. The van der Waals surface area contributed by atoms with E-state index in [0.717, 1.165) is 24.8 Å². The molecule has 118 valence electrons. The molecule has 2 rings (SSSR count). The lowest BCUT2D eigenvalue weighted by atomic mass is 9.52. The van der Waals surface area contributed by atoms with Crippen molar-refractivity contribution < 1.29 is 4.74 Å². The zero-order chi connectivity index (χ0) is 15.7. The SMILES string of the molecule is CCNCC1(c2ccc(C)c(OC)c2)CC(C(C)(C)C)C1. The third-order valence-electron chi connectivity index (χ3n) is 5.23. The lowest BCUT2D eigenvalue weighted by Crippen LogP contribution is -2.52. The summed E-state index contributed by atoms with van der Waals surface area (Å²) < 4.78 is 5.53. The van der Waals surface area contributed by atoms with Crippen molar-refractivity contribution in [3.05, 3.63) is 29.3 Å². The minimum absolute atomic E-state index is 0.287. The highest BCUT2D eigenvalue weighted by Gasteiger charge is 2.49. The fourth-order valence-electron chi connectivity index (χ4n) is 3.49. The van der Waals surface area contributed by atoms with E-state index in [1.165, 1.54) is 24.0 Å². The Labute approximate surface area is 130 Å². The molecule has 0 spiro atoms. The zero-order valence-electron chi connectivity index (χ0n) is 14.5. The highest BCUT2D eigenvalue weighted by molar-refractivity contribution is 5.41. The predicted octanol–water partition coefficient (Wildman–Crippen LogP) is 4.31. The fraction of sp³-hybridized carbons (Fsp3) is 0.684. The molecule has 0 atom stereocenters. The number of nitrogens with one attached hydrogen (secondary N) is 1. The summed E-state index contributed by atoms with van der Waals surface area (Å²) in [7, 11) is 1.77. The molecule has 1 aromatic rings. The summed E-state index contributed by atoms with van der Waals surface area (Å²) in [5.41, 5.74) is 3.34. The van der Waals surface area contributed by atoms with Crippen molar-refractivity contribution in [3.8, 4) is 5.75 Å². The molecule has 1 N–H and O–H groups in total. The summed E-state index contributed by atoms with van der Waals surface area (Å²) in [5.74, 6) is 1.83. The minimum Gasteiger partial charge on any atom is -0.496 e. The number of hydrogen-bond donors (Lipinski definition) is 1. The standard InChI is InChI=1S/C19H31NO/c1-7-20-13-19(11-16(12-19)18(3,4)5)15-9-8-14(2)17(10-15)21-6/h8-10,16,20H,7,11-13H2,1-6H3. The maximum absolute atomic E-state index is 5.53. The number of ether oxygens (including phenoxy) is 1. The molecule has 1 fully saturated rings. The van der Waals surface area contributed by atoms with Gasteiger partial charge in [-0.05, 0) is 54.8 Å². The molecule has 0 radical (unpaired) electrons. The molecule has 0 saturated heterocycles. The molecule has 0 aromatic heterocycles. The summed E-state index contributed by atoms with van der Waals surface area (Å²) in [4.78, 5) is 0. The van der Waals surface area contributed by atoms with Crippen molar-refractivity contribution in [2.24, 2.45) is 11.3 Å². The molecule has 0 unspecified atom stereocenters. The van der Waals surface area contributed by atoms with Crippen molar-refractivity contribution in [1.82, 2.24) is 5.32 Å². The largest absolute Gasteiger partial charge is 0.496 e. The van der Waals surface area contributed by atoms with Gasteiger partial charge in [0, 0.05) is 12.0 Å². The lowest BCUT2D eigenvalue weighted by Gasteiger charge is -2.53. The molecular formula is C19H31NO. The van der Waals surface area contributed by atoms with Crippen LogP contribution in [0.25, 0.3) is 0 Å². The van der Waals surface area contributed by atoms with Crippen LogP contribution in [0.15, 0.2) is 18.2 Å². The Hall–Kier alpha value is -1.02. The van der Waals surface area contributed by atoms with Gasteiger partial charge >= 0.3 is 0 Å². The number of methoxy groups -OCH3 is 1. The topological polar surface area (TPSA) is 21.3 Å². The van der Waals surface area contributed by atoms with Crippen LogP contribution in [0.4, 0.5) is 0 Å². The summed E-state index contributed by atoms with van der Waals surface area (Å²) in [5, 5.41) is 3.57. The molecule has 2 nitrogen and oxygen atoms in total. The molecule has 21 heavy (non-hydrogen) atoms. The molecule has 0 bridgehead atoms. The van der Waals surface area contributed by atoms with E-state index in [2.05, 4.69) is 58.1 Å². The van der Waals surface area contributed by atoms with Crippen molar-refractivity contribution >= 4 is 0 Å². The monoisotopic (exact) mass is 289 g/mol. The highest BCUT2D eigenvalue weighted by atomic mass is 16.5. The Morgan fingerprint density at radius 2 is 1.95 bits per heavy atom. The van der Waals surface area contributed by atoms with E-state index in [1.807, 2.05) is 0 Å². The summed E-state index contributed by atoms with van der Waals surface area (Å²) >= 11 is 0. The van der Waals surface area contributed by atoms with Crippen LogP contribution in [0.5, 0.6) is 5.75 Å². The van der Waals surface area contributed by atoms with Crippen LogP contribution < -0.4 is 10.1 Å². The van der Waals surface area contributed by atoms with Crippen LogP contribution in [-0.2, 0) is 5.41 Å². The van der Waals surface area contributed by atoms with Gasteiger partial charge in [-0.2, -0.15) is 0 Å². The minimum atomic E-state index is 0.287. The van der Waals surface area contributed by atoms with Gasteiger partial charge in [-0.15, -0.1) is 0 Å². The first-order valence-corrected chi connectivity index (χ1v) is 8.18. The summed E-state index contributed by atoms with van der Waals surface area (Å²) in [6, 6.07) is 6.76. The van der Waals surface area contributed by atoms with Gasteiger partial charge in [0.25, 0.3) is 0 Å². The number of rotatable bonds is 5. The summed E-state index contributed by atoms with van der Waals surface area (Å²) in [6.45, 7) is 13.5. The molecule has 2 heteroatoms. The van der Waals surface area contributed by atoms with Crippen molar-refractivity contribution in [2.45, 2.75) is 52.9 Å². The molecule has 1 saturated carbocycles. The van der Waals surface area contributed by atoms with Crippen LogP contribution in [0.3, 0.4) is 0 Å². The molecule has 1 aliphatic rings. The number of benzene rings is 1. The first-order chi connectivity index (χ1) is 9.82. The van der Waals surface area contributed by atoms with E-state index < -0.39 is 0 Å². The Balaban J connectivity index is 2.26. The van der Waals surface area contributed by atoms with E-state index >= 15 is 0 Å². The molecule has 1 aliphatic carbocycles. The van der Waals surface area contributed by atoms with Gasteiger partial charge in [-0.1, -0.05) is 39.8 Å². The van der Waals surface area contributed by atoms with Crippen LogP contribution in [-0.4, -0.2) is 20.2 Å². The predicted molar refractivity (Wildman–Crippen MR) is 90.1 cm³/mol. The number of aryl methyl sites for hydroxylation is 1. The maximum atomic E-state index is 5.53. The van der Waals surface area contributed by atoms with E-state index in [1.54, 1.807) is 7.11 Å². The first kappa shape index (κ1) is 16.4. The number of likely N-dealkylation sites (N-methyl/N-ethyl adjacent to an activating group) is 1. The first-order valence-electron chi connectivity index (χ1n) is 8.18. The van der Waals surface area contributed by atoms with Crippen molar-refractivity contribution in [2.75, 3.05) is 20.2 Å². The Bertz CT molecular complexity index is 481. The van der Waals surface area contributed by atoms with Crippen molar-refractivity contribution in [3.63, 3.8) is 0 Å². The normalized spacial score (nSPS) is 25.5. The molecule has 0 heterocycles. The van der Waals surface area contributed by atoms with Gasteiger partial charge in [-0.25, -0.2) is 0 Å². The quantitative estimate of drug-likeness (QED) is 0.872. The van der Waals surface area contributed by atoms with Gasteiger partial charge < -0.3 is 10.1 Å². The highest BCUT2D eigenvalue weighted by Crippen LogP contribution is 2.54. The van der Waals surface area contributed by atoms with Gasteiger partial charge in [0.05, 0.1) is 7.11 Å². The van der Waals surface area contributed by atoms with Crippen LogP contribution >= 0.6 is 0 Å². The second kappa shape index (κ2) is 6.00. The van der Waals surface area contributed by atoms with Crippen LogP contribution in [0.1, 0.15) is 51.7 Å². The fourth-order valence-corrected chi connectivity index (χ4v) is 3.49. The Kier molecular flexibility index (Phi) is 4.67. The third-order valence-corrected chi connectivity index (χ3v) is 5.23. The molecule has 0 amide bonds. The molecule has 0 aliphatic heterocycles. The van der Waals surface area contributed by atoms with Gasteiger partial charge in [-0.3, -0.25) is 0 Å². The molecular weight excluding hydrogens is 258 g/mol. The number of hydrogen-bond acceptors (Lipinski definition) is 2. The van der Waals surface area contributed by atoms with Gasteiger partial charge in [0.2, 0.25) is 0 Å². The Morgan fingerprint density at radius 1 is 1.29 bits per heavy atom. The Morgan fingerprint density at radius 3 is 2.48 bits per heavy atom. The average molecular weight is 289 g/mol. The van der Waals surface area contributed by atoms with E-state index in [-0.39, 0.29) is 5.41 Å². The third kappa shape index (κ3) is 3.26. The van der Waals surface area contributed by atoms with E-state index in [9.17, 15) is 0 Å². The van der Waals surface area contributed by atoms with E-state index in [0.29, 0.717) is 5.41 Å².